The Morgan fingerprint density at radius 1 is 1.12 bits per heavy atom. The van der Waals surface area contributed by atoms with Crippen LogP contribution in [0.5, 0.6) is 0 Å². The van der Waals surface area contributed by atoms with Crippen molar-refractivity contribution in [3.8, 4) is 0 Å². The maximum absolute atomic E-state index is 12.8. The van der Waals surface area contributed by atoms with Gasteiger partial charge in [0.2, 0.25) is 11.8 Å². The Labute approximate surface area is 153 Å². The van der Waals surface area contributed by atoms with Gasteiger partial charge in [0.1, 0.15) is 0 Å². The van der Waals surface area contributed by atoms with Crippen molar-refractivity contribution in [3.05, 3.63) is 77.9 Å². The van der Waals surface area contributed by atoms with E-state index < -0.39 is 18.0 Å². The molecule has 5 heteroatoms. The molecule has 3 atom stereocenters. The van der Waals surface area contributed by atoms with Crippen molar-refractivity contribution in [1.82, 2.24) is 10.6 Å². The van der Waals surface area contributed by atoms with Gasteiger partial charge in [-0.05, 0) is 23.6 Å². The molecule has 3 rings (SSSR count). The monoisotopic (exact) mass is 349 g/mol. The van der Waals surface area contributed by atoms with Crippen LogP contribution in [-0.4, -0.2) is 30.4 Å². The molecule has 1 aliphatic heterocycles. The van der Waals surface area contributed by atoms with Crippen molar-refractivity contribution in [3.63, 3.8) is 0 Å². The van der Waals surface area contributed by atoms with Crippen LogP contribution in [0.15, 0.2) is 66.7 Å². The fraction of sp³-hybridized carbons (Fsp3) is 0.238. The maximum atomic E-state index is 12.8. The second-order valence-electron chi connectivity index (χ2n) is 6.48. The zero-order chi connectivity index (χ0) is 18.5. The molecule has 26 heavy (non-hydrogen) atoms. The van der Waals surface area contributed by atoms with Crippen LogP contribution in [-0.2, 0) is 9.59 Å². The lowest BCUT2D eigenvalue weighted by atomic mass is 9.88. The second kappa shape index (κ2) is 7.97. The number of carbonyl (C=O) groups is 2. The van der Waals surface area contributed by atoms with Gasteiger partial charge >= 0.3 is 0 Å². The second-order valence-corrected chi connectivity index (χ2v) is 6.48. The first-order valence-electron chi connectivity index (χ1n) is 8.70. The van der Waals surface area contributed by atoms with Crippen molar-refractivity contribution in [2.45, 2.75) is 24.9 Å². The van der Waals surface area contributed by atoms with E-state index in [1.165, 1.54) is 0 Å². The molecule has 0 unspecified atom stereocenters. The molecule has 0 saturated heterocycles. The van der Waals surface area contributed by atoms with E-state index >= 15 is 0 Å². The van der Waals surface area contributed by atoms with Crippen LogP contribution >= 0.6 is 0 Å². The van der Waals surface area contributed by atoms with Gasteiger partial charge in [0.15, 0.2) is 0 Å². The molecule has 2 aromatic carbocycles. The topological polar surface area (TPSA) is 84.2 Å². The zero-order valence-electron chi connectivity index (χ0n) is 14.7. The molecule has 1 heterocycles. The van der Waals surface area contributed by atoms with Crippen LogP contribution in [0.3, 0.4) is 0 Å². The third kappa shape index (κ3) is 4.00. The van der Waals surface area contributed by atoms with Gasteiger partial charge in [-0.1, -0.05) is 66.7 Å². The van der Waals surface area contributed by atoms with E-state index in [0.29, 0.717) is 6.54 Å². The molecular formula is C21H23N3O2. The van der Waals surface area contributed by atoms with Crippen LogP contribution in [0, 0.1) is 0 Å². The highest BCUT2D eigenvalue weighted by atomic mass is 16.2. The fourth-order valence-electron chi connectivity index (χ4n) is 3.17. The summed E-state index contributed by atoms with van der Waals surface area (Å²) in [7, 11) is 0. The average Bonchev–Trinajstić information content (AvgIpc) is 2.83. The van der Waals surface area contributed by atoms with E-state index in [2.05, 4.69) is 16.7 Å². The number of carbonyl (C=O) groups excluding carboxylic acids is 2. The Morgan fingerprint density at radius 3 is 2.35 bits per heavy atom. The number of hydrogen-bond donors (Lipinski definition) is 3. The SMILES string of the molecule is C[C@H](N[C@@H]1C(=O)NCC(c2ccccc2)=C[C@H]1c1ccccc1)C(N)=O. The van der Waals surface area contributed by atoms with Gasteiger partial charge in [0.25, 0.3) is 0 Å². The van der Waals surface area contributed by atoms with Crippen molar-refractivity contribution in [2.24, 2.45) is 5.73 Å². The number of benzene rings is 2. The summed E-state index contributed by atoms with van der Waals surface area (Å²) in [5, 5.41) is 6.06. The van der Waals surface area contributed by atoms with E-state index in [-0.39, 0.29) is 11.8 Å². The van der Waals surface area contributed by atoms with Gasteiger partial charge in [-0.25, -0.2) is 0 Å². The third-order valence-electron chi connectivity index (χ3n) is 4.66. The van der Waals surface area contributed by atoms with E-state index in [0.717, 1.165) is 16.7 Å². The van der Waals surface area contributed by atoms with Gasteiger partial charge in [-0.3, -0.25) is 14.9 Å². The first kappa shape index (κ1) is 17.9. The van der Waals surface area contributed by atoms with E-state index in [4.69, 9.17) is 5.73 Å². The van der Waals surface area contributed by atoms with Gasteiger partial charge in [0.05, 0.1) is 12.1 Å². The molecule has 0 aliphatic carbocycles. The van der Waals surface area contributed by atoms with Crippen molar-refractivity contribution < 1.29 is 9.59 Å². The molecule has 0 saturated carbocycles. The Balaban J connectivity index is 2.03. The number of primary amides is 1. The highest BCUT2D eigenvalue weighted by Gasteiger charge is 2.32. The maximum Gasteiger partial charge on any atom is 0.238 e. The molecule has 134 valence electrons. The van der Waals surface area contributed by atoms with Crippen molar-refractivity contribution in [2.75, 3.05) is 6.54 Å². The molecule has 0 radical (unpaired) electrons. The van der Waals surface area contributed by atoms with E-state index in [1.54, 1.807) is 6.92 Å². The van der Waals surface area contributed by atoms with Crippen LogP contribution < -0.4 is 16.4 Å². The summed E-state index contributed by atoms with van der Waals surface area (Å²) in [6.45, 7) is 2.11. The number of nitrogens with one attached hydrogen (secondary N) is 2. The number of amides is 2. The van der Waals surface area contributed by atoms with Crippen LogP contribution in [0.1, 0.15) is 24.0 Å². The molecular weight excluding hydrogens is 326 g/mol. The summed E-state index contributed by atoms with van der Waals surface area (Å²) >= 11 is 0. The largest absolute Gasteiger partial charge is 0.368 e. The standard InChI is InChI=1S/C21H23N3O2/c1-14(20(22)25)24-19-18(16-10-6-3-7-11-16)12-17(13-23-21(19)26)15-8-4-2-5-9-15/h2-12,14,18-19,24H,13H2,1H3,(H2,22,25)(H,23,26)/t14-,18-,19-/m0/s1. The Kier molecular flexibility index (Phi) is 5.49. The summed E-state index contributed by atoms with van der Waals surface area (Å²) in [5.74, 6) is -0.842. The normalized spacial score (nSPS) is 21.3. The Morgan fingerprint density at radius 2 is 1.73 bits per heavy atom. The number of rotatable bonds is 5. The van der Waals surface area contributed by atoms with Gasteiger partial charge in [-0.15, -0.1) is 0 Å². The first-order chi connectivity index (χ1) is 12.6. The average molecular weight is 349 g/mol. The molecule has 0 aromatic heterocycles. The van der Waals surface area contributed by atoms with Crippen molar-refractivity contribution >= 4 is 17.4 Å². The third-order valence-corrected chi connectivity index (χ3v) is 4.66. The molecule has 1 aliphatic rings. The fourth-order valence-corrected chi connectivity index (χ4v) is 3.17. The molecule has 2 aromatic rings. The lowest BCUT2D eigenvalue weighted by Gasteiger charge is -2.26. The lowest BCUT2D eigenvalue weighted by Crippen LogP contribution is -2.53. The Bertz CT molecular complexity index is 803. The van der Waals surface area contributed by atoms with Crippen LogP contribution in [0.2, 0.25) is 0 Å². The quantitative estimate of drug-likeness (QED) is 0.770. The number of nitrogens with two attached hydrogens (primary N) is 1. The molecule has 2 amide bonds. The van der Waals surface area contributed by atoms with Crippen LogP contribution in [0.25, 0.3) is 5.57 Å². The van der Waals surface area contributed by atoms with Gasteiger partial charge < -0.3 is 11.1 Å². The number of hydrogen-bond acceptors (Lipinski definition) is 3. The smallest absolute Gasteiger partial charge is 0.238 e. The molecule has 5 nitrogen and oxygen atoms in total. The summed E-state index contributed by atoms with van der Waals surface area (Å²) in [6.07, 6.45) is 2.11. The van der Waals surface area contributed by atoms with Crippen molar-refractivity contribution in [1.29, 1.82) is 0 Å². The van der Waals surface area contributed by atoms with E-state index in [9.17, 15) is 9.59 Å². The van der Waals surface area contributed by atoms with Gasteiger partial charge in [-0.2, -0.15) is 0 Å². The minimum Gasteiger partial charge on any atom is -0.368 e. The summed E-state index contributed by atoms with van der Waals surface area (Å²) < 4.78 is 0. The minimum atomic E-state index is -0.608. The zero-order valence-corrected chi connectivity index (χ0v) is 14.7. The lowest BCUT2D eigenvalue weighted by molar-refractivity contribution is -0.124. The summed E-state index contributed by atoms with van der Waals surface area (Å²) in [4.78, 5) is 24.3. The predicted octanol–water partition coefficient (Wildman–Crippen LogP) is 1.82. The Hall–Kier alpha value is -2.92. The molecule has 0 bridgehead atoms. The van der Waals surface area contributed by atoms with E-state index in [1.807, 2.05) is 60.7 Å². The highest BCUT2D eigenvalue weighted by Crippen LogP contribution is 2.28. The molecule has 0 spiro atoms. The van der Waals surface area contributed by atoms with Gasteiger partial charge in [0, 0.05) is 12.5 Å². The predicted molar refractivity (Wildman–Crippen MR) is 102 cm³/mol. The minimum absolute atomic E-state index is 0.144. The summed E-state index contributed by atoms with van der Waals surface area (Å²) in [5.41, 5.74) is 8.51. The highest BCUT2D eigenvalue weighted by molar-refractivity contribution is 5.88. The summed E-state index contributed by atoms with van der Waals surface area (Å²) in [6, 6.07) is 18.6. The molecule has 0 fully saturated rings. The molecule has 4 N–H and O–H groups in total. The first-order valence-corrected chi connectivity index (χ1v) is 8.70. The van der Waals surface area contributed by atoms with Crippen LogP contribution in [0.4, 0.5) is 0 Å².